The van der Waals surface area contributed by atoms with Crippen molar-refractivity contribution in [1.29, 1.82) is 0 Å². The Morgan fingerprint density at radius 3 is 2.21 bits per heavy atom. The number of rotatable bonds is 8. The average molecular weight is 453 g/mol. The molecule has 0 radical (unpaired) electrons. The largest absolute Gasteiger partial charge is 0.493 e. The minimum atomic E-state index is -0.433. The van der Waals surface area contributed by atoms with E-state index in [1.54, 1.807) is 12.1 Å². The SMILES string of the molecule is COc1cc(-c2nnc(COC(=O)c3ccc(C4CCCCC4)cc3)o2)cc(OC)c1OC. The Balaban J connectivity index is 1.40. The lowest BCUT2D eigenvalue weighted by Gasteiger charge is -2.21. The molecule has 1 aliphatic rings. The Morgan fingerprint density at radius 2 is 1.61 bits per heavy atom. The molecule has 1 aromatic heterocycles. The van der Waals surface area contributed by atoms with Gasteiger partial charge >= 0.3 is 5.97 Å². The van der Waals surface area contributed by atoms with Crippen LogP contribution in [0.15, 0.2) is 40.8 Å². The van der Waals surface area contributed by atoms with Crippen molar-refractivity contribution in [2.45, 2.75) is 44.6 Å². The van der Waals surface area contributed by atoms with Crippen LogP contribution in [0.1, 0.15) is 59.8 Å². The van der Waals surface area contributed by atoms with Crippen LogP contribution in [0.5, 0.6) is 17.2 Å². The molecule has 4 rings (SSSR count). The predicted molar refractivity (Wildman–Crippen MR) is 121 cm³/mol. The van der Waals surface area contributed by atoms with E-state index in [0.717, 1.165) is 0 Å². The molecule has 1 saturated carbocycles. The van der Waals surface area contributed by atoms with Crippen molar-refractivity contribution in [2.24, 2.45) is 0 Å². The van der Waals surface area contributed by atoms with Gasteiger partial charge in [0.15, 0.2) is 18.1 Å². The quantitative estimate of drug-likeness (QED) is 0.432. The van der Waals surface area contributed by atoms with Gasteiger partial charge in [-0.15, -0.1) is 10.2 Å². The number of carbonyl (C=O) groups is 1. The van der Waals surface area contributed by atoms with Gasteiger partial charge in [-0.1, -0.05) is 31.4 Å². The third kappa shape index (κ3) is 5.10. The van der Waals surface area contributed by atoms with Gasteiger partial charge < -0.3 is 23.4 Å². The molecule has 1 fully saturated rings. The van der Waals surface area contributed by atoms with Crippen LogP contribution in [0.4, 0.5) is 0 Å². The monoisotopic (exact) mass is 452 g/mol. The van der Waals surface area contributed by atoms with Crippen molar-refractivity contribution in [3.63, 3.8) is 0 Å². The summed E-state index contributed by atoms with van der Waals surface area (Å²) in [6.07, 6.45) is 6.30. The second-order valence-corrected chi connectivity index (χ2v) is 7.95. The first-order chi connectivity index (χ1) is 16.1. The van der Waals surface area contributed by atoms with Crippen LogP contribution < -0.4 is 14.2 Å². The van der Waals surface area contributed by atoms with Gasteiger partial charge in [0.2, 0.25) is 11.6 Å². The molecule has 1 aliphatic carbocycles. The summed E-state index contributed by atoms with van der Waals surface area (Å²) in [6.45, 7) is -0.124. The maximum atomic E-state index is 12.5. The first kappa shape index (κ1) is 22.6. The average Bonchev–Trinajstić information content (AvgIpc) is 3.36. The molecule has 174 valence electrons. The smallest absolute Gasteiger partial charge is 0.338 e. The van der Waals surface area contributed by atoms with E-state index >= 15 is 0 Å². The van der Waals surface area contributed by atoms with Crippen molar-refractivity contribution in [3.8, 4) is 28.7 Å². The second-order valence-electron chi connectivity index (χ2n) is 7.95. The number of ether oxygens (including phenoxy) is 4. The summed E-state index contributed by atoms with van der Waals surface area (Å²) in [5, 5.41) is 8.03. The first-order valence-electron chi connectivity index (χ1n) is 11.0. The summed E-state index contributed by atoms with van der Waals surface area (Å²) >= 11 is 0. The lowest BCUT2D eigenvalue weighted by molar-refractivity contribution is 0.0438. The van der Waals surface area contributed by atoms with Crippen molar-refractivity contribution in [2.75, 3.05) is 21.3 Å². The fraction of sp³-hybridized carbons (Fsp3) is 0.400. The van der Waals surface area contributed by atoms with Crippen LogP contribution >= 0.6 is 0 Å². The minimum Gasteiger partial charge on any atom is -0.493 e. The summed E-state index contributed by atoms with van der Waals surface area (Å²) in [5.41, 5.74) is 2.38. The van der Waals surface area contributed by atoms with Crippen molar-refractivity contribution >= 4 is 5.97 Å². The van der Waals surface area contributed by atoms with E-state index in [2.05, 4.69) is 10.2 Å². The Kier molecular flexibility index (Phi) is 7.12. The highest BCUT2D eigenvalue weighted by Gasteiger charge is 2.19. The molecule has 8 nitrogen and oxygen atoms in total. The van der Waals surface area contributed by atoms with Gasteiger partial charge in [0.25, 0.3) is 5.89 Å². The molecule has 2 aromatic carbocycles. The van der Waals surface area contributed by atoms with E-state index in [9.17, 15) is 4.79 Å². The van der Waals surface area contributed by atoms with Crippen molar-refractivity contribution in [1.82, 2.24) is 10.2 Å². The highest BCUT2D eigenvalue weighted by atomic mass is 16.5. The molecule has 1 heterocycles. The molecular formula is C25H28N2O6. The van der Waals surface area contributed by atoms with Gasteiger partial charge in [0.1, 0.15) is 0 Å². The topological polar surface area (TPSA) is 92.9 Å². The number of carbonyl (C=O) groups excluding carboxylic acids is 1. The fourth-order valence-corrected chi connectivity index (χ4v) is 4.17. The predicted octanol–water partition coefficient (Wildman–Crippen LogP) is 5.17. The third-order valence-electron chi connectivity index (χ3n) is 5.93. The highest BCUT2D eigenvalue weighted by Crippen LogP contribution is 2.41. The van der Waals surface area contributed by atoms with Crippen LogP contribution in [-0.2, 0) is 11.3 Å². The molecule has 0 atom stereocenters. The Bertz CT molecular complexity index is 1060. The van der Waals surface area contributed by atoms with Crippen LogP contribution in [0, 0.1) is 0 Å². The van der Waals surface area contributed by atoms with Crippen LogP contribution in [0.2, 0.25) is 0 Å². The molecule has 0 unspecified atom stereocenters. The second kappa shape index (κ2) is 10.4. The zero-order valence-electron chi connectivity index (χ0n) is 19.1. The number of hydrogen-bond donors (Lipinski definition) is 0. The zero-order valence-corrected chi connectivity index (χ0v) is 19.1. The molecule has 0 N–H and O–H groups in total. The van der Waals surface area contributed by atoms with E-state index in [0.29, 0.717) is 34.3 Å². The molecule has 33 heavy (non-hydrogen) atoms. The fourth-order valence-electron chi connectivity index (χ4n) is 4.17. The maximum absolute atomic E-state index is 12.5. The van der Waals surface area contributed by atoms with Crippen molar-refractivity contribution < 1.29 is 28.2 Å². The maximum Gasteiger partial charge on any atom is 0.338 e. The minimum absolute atomic E-state index is 0.124. The normalized spacial score (nSPS) is 14.0. The first-order valence-corrected chi connectivity index (χ1v) is 11.0. The molecule has 0 amide bonds. The Morgan fingerprint density at radius 1 is 0.939 bits per heavy atom. The molecule has 0 spiro atoms. The third-order valence-corrected chi connectivity index (χ3v) is 5.93. The van der Waals surface area contributed by atoms with Gasteiger partial charge in [-0.25, -0.2) is 4.79 Å². The summed E-state index contributed by atoms with van der Waals surface area (Å²) in [7, 11) is 4.59. The molecule has 0 saturated heterocycles. The molecule has 0 aliphatic heterocycles. The van der Waals surface area contributed by atoms with E-state index < -0.39 is 5.97 Å². The Hall–Kier alpha value is -3.55. The molecular weight excluding hydrogens is 424 g/mol. The molecule has 0 bridgehead atoms. The van der Waals surface area contributed by atoms with Gasteiger partial charge in [0.05, 0.1) is 26.9 Å². The summed E-state index contributed by atoms with van der Waals surface area (Å²) in [6, 6.07) is 11.1. The number of esters is 1. The summed E-state index contributed by atoms with van der Waals surface area (Å²) in [4.78, 5) is 12.5. The lowest BCUT2D eigenvalue weighted by atomic mass is 9.84. The van der Waals surface area contributed by atoms with Gasteiger partial charge in [0, 0.05) is 5.56 Å². The molecule has 8 heteroatoms. The highest BCUT2D eigenvalue weighted by molar-refractivity contribution is 5.89. The van der Waals surface area contributed by atoms with E-state index in [1.807, 2.05) is 24.3 Å². The zero-order chi connectivity index (χ0) is 23.2. The van der Waals surface area contributed by atoms with Gasteiger partial charge in [-0.2, -0.15) is 0 Å². The lowest BCUT2D eigenvalue weighted by Crippen LogP contribution is -2.07. The van der Waals surface area contributed by atoms with E-state index in [1.165, 1.54) is 59.0 Å². The van der Waals surface area contributed by atoms with Gasteiger partial charge in [-0.05, 0) is 48.6 Å². The summed E-state index contributed by atoms with van der Waals surface area (Å²) < 4.78 is 27.1. The summed E-state index contributed by atoms with van der Waals surface area (Å²) in [5.74, 6) is 1.99. The number of benzene rings is 2. The standard InChI is InChI=1S/C25H28N2O6/c1-29-20-13-19(14-21(30-2)23(20)31-3)24-27-26-22(33-24)15-32-25(28)18-11-9-17(10-12-18)16-7-5-4-6-8-16/h9-14,16H,4-8,15H2,1-3H3. The Labute approximate surface area is 192 Å². The number of methoxy groups -OCH3 is 3. The van der Waals surface area contributed by atoms with Crippen LogP contribution in [-0.4, -0.2) is 37.5 Å². The van der Waals surface area contributed by atoms with Crippen LogP contribution in [0.25, 0.3) is 11.5 Å². The van der Waals surface area contributed by atoms with E-state index in [-0.39, 0.29) is 18.4 Å². The number of hydrogen-bond acceptors (Lipinski definition) is 8. The van der Waals surface area contributed by atoms with Crippen molar-refractivity contribution in [3.05, 3.63) is 53.4 Å². The number of nitrogens with zero attached hydrogens (tertiary/aromatic N) is 2. The van der Waals surface area contributed by atoms with Gasteiger partial charge in [-0.3, -0.25) is 0 Å². The number of aromatic nitrogens is 2. The molecule has 3 aromatic rings. The van der Waals surface area contributed by atoms with E-state index in [4.69, 9.17) is 23.4 Å². The van der Waals surface area contributed by atoms with Crippen LogP contribution in [0.3, 0.4) is 0 Å².